The van der Waals surface area contributed by atoms with Crippen molar-refractivity contribution in [2.75, 3.05) is 6.54 Å². The lowest BCUT2D eigenvalue weighted by atomic mass is 9.97. The normalized spacial score (nSPS) is 13.3. The quantitative estimate of drug-likeness (QED) is 0.820. The molecule has 0 unspecified atom stereocenters. The maximum absolute atomic E-state index is 12.2. The van der Waals surface area contributed by atoms with Crippen LogP contribution in [0.3, 0.4) is 0 Å². The maximum atomic E-state index is 12.2. The van der Waals surface area contributed by atoms with E-state index in [1.807, 2.05) is 25.1 Å². The van der Waals surface area contributed by atoms with Crippen LogP contribution in [-0.4, -0.2) is 18.5 Å². The first-order valence-electron chi connectivity index (χ1n) is 8.27. The molecule has 0 aromatic heterocycles. The van der Waals surface area contributed by atoms with Crippen molar-refractivity contribution in [3.05, 3.63) is 71.3 Å². The van der Waals surface area contributed by atoms with Gasteiger partial charge in [-0.2, -0.15) is 0 Å². The summed E-state index contributed by atoms with van der Waals surface area (Å²) in [5, 5.41) is 6.41. The summed E-state index contributed by atoms with van der Waals surface area (Å²) in [5.74, 6) is 0.0416. The summed E-state index contributed by atoms with van der Waals surface area (Å²) in [7, 11) is 0. The first kappa shape index (κ1) is 17.2. The van der Waals surface area contributed by atoms with Gasteiger partial charge in [-0.15, -0.1) is 0 Å². The summed E-state index contributed by atoms with van der Waals surface area (Å²) in [5.41, 5.74) is 3.55. The number of carbonyl (C=O) groups is 1. The van der Waals surface area contributed by atoms with E-state index in [2.05, 4.69) is 60.9 Å². The average Bonchev–Trinajstić information content (AvgIpc) is 2.59. The Morgan fingerprint density at radius 1 is 1.00 bits per heavy atom. The van der Waals surface area contributed by atoms with Crippen LogP contribution < -0.4 is 10.6 Å². The molecular weight excluding hydrogens is 284 g/mol. The van der Waals surface area contributed by atoms with E-state index in [0.717, 1.165) is 17.5 Å². The number of rotatable bonds is 7. The summed E-state index contributed by atoms with van der Waals surface area (Å²) < 4.78 is 0. The molecule has 0 radical (unpaired) electrons. The first-order chi connectivity index (χ1) is 11.1. The van der Waals surface area contributed by atoms with Crippen molar-refractivity contribution in [2.45, 2.75) is 39.3 Å². The minimum absolute atomic E-state index is 0.000762. The molecule has 1 amide bonds. The summed E-state index contributed by atoms with van der Waals surface area (Å²) in [6.07, 6.45) is 0.943. The Morgan fingerprint density at radius 2 is 1.61 bits per heavy atom. The Morgan fingerprint density at radius 3 is 2.22 bits per heavy atom. The van der Waals surface area contributed by atoms with E-state index in [0.29, 0.717) is 6.54 Å². The van der Waals surface area contributed by atoms with Crippen molar-refractivity contribution in [2.24, 2.45) is 0 Å². The third kappa shape index (κ3) is 4.93. The van der Waals surface area contributed by atoms with Crippen LogP contribution in [0.4, 0.5) is 0 Å². The van der Waals surface area contributed by atoms with Gasteiger partial charge in [-0.1, -0.05) is 67.1 Å². The van der Waals surface area contributed by atoms with Crippen molar-refractivity contribution >= 4 is 5.91 Å². The van der Waals surface area contributed by atoms with Crippen LogP contribution in [0.25, 0.3) is 0 Å². The number of hydrogen-bond donors (Lipinski definition) is 2. The van der Waals surface area contributed by atoms with Crippen LogP contribution in [0.5, 0.6) is 0 Å². The highest BCUT2D eigenvalue weighted by Gasteiger charge is 2.20. The molecule has 0 aliphatic heterocycles. The van der Waals surface area contributed by atoms with Crippen LogP contribution in [0.2, 0.25) is 0 Å². The van der Waals surface area contributed by atoms with E-state index in [4.69, 9.17) is 0 Å². The van der Waals surface area contributed by atoms with Crippen LogP contribution in [-0.2, 0) is 4.79 Å². The fourth-order valence-electron chi connectivity index (χ4n) is 2.52. The topological polar surface area (TPSA) is 41.1 Å². The monoisotopic (exact) mass is 310 g/mol. The largest absolute Gasteiger partial charge is 0.355 e. The molecule has 2 N–H and O–H groups in total. The van der Waals surface area contributed by atoms with E-state index in [1.165, 1.54) is 5.56 Å². The smallest absolute Gasteiger partial charge is 0.236 e. The highest BCUT2D eigenvalue weighted by atomic mass is 16.2. The molecule has 23 heavy (non-hydrogen) atoms. The molecule has 0 aliphatic carbocycles. The second-order valence-electron chi connectivity index (χ2n) is 5.93. The van der Waals surface area contributed by atoms with Gasteiger partial charge in [0, 0.05) is 6.54 Å². The number of hydrogen-bond acceptors (Lipinski definition) is 2. The number of carbonyl (C=O) groups excluding carboxylic acids is 1. The zero-order valence-electron chi connectivity index (χ0n) is 14.2. The lowest BCUT2D eigenvalue weighted by Crippen LogP contribution is -2.44. The molecule has 2 aromatic carbocycles. The summed E-state index contributed by atoms with van der Waals surface area (Å²) >= 11 is 0. The van der Waals surface area contributed by atoms with E-state index >= 15 is 0 Å². The Kier molecular flexibility index (Phi) is 6.36. The van der Waals surface area contributed by atoms with Gasteiger partial charge in [0.25, 0.3) is 0 Å². The fraction of sp³-hybridized carbons (Fsp3) is 0.350. The van der Waals surface area contributed by atoms with Crippen molar-refractivity contribution in [3.8, 4) is 0 Å². The highest BCUT2D eigenvalue weighted by Crippen LogP contribution is 2.23. The van der Waals surface area contributed by atoms with Crippen molar-refractivity contribution in [1.29, 1.82) is 0 Å². The fourth-order valence-corrected chi connectivity index (χ4v) is 2.52. The number of benzene rings is 2. The minimum Gasteiger partial charge on any atom is -0.355 e. The summed E-state index contributed by atoms with van der Waals surface area (Å²) in [6.45, 7) is 6.76. The molecular formula is C20H26N2O. The zero-order valence-corrected chi connectivity index (χ0v) is 14.2. The van der Waals surface area contributed by atoms with Crippen LogP contribution in [0.15, 0.2) is 54.6 Å². The van der Waals surface area contributed by atoms with Crippen molar-refractivity contribution < 1.29 is 4.79 Å². The molecule has 0 spiro atoms. The van der Waals surface area contributed by atoms with Gasteiger partial charge in [-0.25, -0.2) is 0 Å². The summed E-state index contributed by atoms with van der Waals surface area (Å²) in [6, 6.07) is 18.4. The standard InChI is InChI=1S/C20H26N2O/c1-4-14-21-20(23)16(3)22-19(17-8-6-5-7-9-17)18-12-10-15(2)11-13-18/h5-13,16,19,22H,4,14H2,1-3H3,(H,21,23)/t16-,19-/m0/s1. The Balaban J connectivity index is 2.20. The van der Waals surface area contributed by atoms with Gasteiger partial charge in [0.1, 0.15) is 0 Å². The van der Waals surface area contributed by atoms with E-state index in [1.54, 1.807) is 0 Å². The van der Waals surface area contributed by atoms with Crippen LogP contribution in [0.1, 0.15) is 43.0 Å². The first-order valence-corrected chi connectivity index (χ1v) is 8.27. The van der Waals surface area contributed by atoms with Gasteiger partial charge >= 0.3 is 0 Å². The SMILES string of the molecule is CCCNC(=O)[C@H](C)N[C@@H](c1ccccc1)c1ccc(C)cc1. The summed E-state index contributed by atoms with van der Waals surface area (Å²) in [4.78, 5) is 12.2. The Bertz CT molecular complexity index is 607. The molecule has 2 atom stereocenters. The number of aryl methyl sites for hydroxylation is 1. The second-order valence-corrected chi connectivity index (χ2v) is 5.93. The Labute approximate surface area is 139 Å². The molecule has 0 heterocycles. The van der Waals surface area contributed by atoms with Gasteiger partial charge < -0.3 is 5.32 Å². The Hall–Kier alpha value is -2.13. The van der Waals surface area contributed by atoms with E-state index in [-0.39, 0.29) is 18.0 Å². The molecule has 2 rings (SSSR count). The van der Waals surface area contributed by atoms with Gasteiger partial charge in [0.15, 0.2) is 0 Å². The molecule has 3 nitrogen and oxygen atoms in total. The van der Waals surface area contributed by atoms with Gasteiger partial charge in [0.2, 0.25) is 5.91 Å². The van der Waals surface area contributed by atoms with Gasteiger partial charge in [-0.3, -0.25) is 10.1 Å². The van der Waals surface area contributed by atoms with Crippen LogP contribution >= 0.6 is 0 Å². The molecule has 0 saturated carbocycles. The third-order valence-electron chi connectivity index (χ3n) is 3.90. The molecule has 0 saturated heterocycles. The number of amides is 1. The average molecular weight is 310 g/mol. The maximum Gasteiger partial charge on any atom is 0.236 e. The van der Waals surface area contributed by atoms with Crippen molar-refractivity contribution in [3.63, 3.8) is 0 Å². The second kappa shape index (κ2) is 8.49. The van der Waals surface area contributed by atoms with E-state index < -0.39 is 0 Å². The predicted octanol–water partition coefficient (Wildman–Crippen LogP) is 3.59. The number of nitrogens with one attached hydrogen (secondary N) is 2. The third-order valence-corrected chi connectivity index (χ3v) is 3.90. The lowest BCUT2D eigenvalue weighted by Gasteiger charge is -2.24. The van der Waals surface area contributed by atoms with Crippen molar-refractivity contribution in [1.82, 2.24) is 10.6 Å². The molecule has 0 aliphatic rings. The minimum atomic E-state index is -0.256. The zero-order chi connectivity index (χ0) is 16.7. The highest BCUT2D eigenvalue weighted by molar-refractivity contribution is 5.81. The molecule has 0 bridgehead atoms. The van der Waals surface area contributed by atoms with Crippen LogP contribution in [0, 0.1) is 6.92 Å². The molecule has 2 aromatic rings. The van der Waals surface area contributed by atoms with Gasteiger partial charge in [-0.05, 0) is 31.4 Å². The molecule has 3 heteroatoms. The lowest BCUT2D eigenvalue weighted by molar-refractivity contribution is -0.122. The molecule has 122 valence electrons. The van der Waals surface area contributed by atoms with E-state index in [9.17, 15) is 4.79 Å². The molecule has 0 fully saturated rings. The van der Waals surface area contributed by atoms with Gasteiger partial charge in [0.05, 0.1) is 12.1 Å². The predicted molar refractivity (Wildman–Crippen MR) is 95.4 cm³/mol.